The fourth-order valence-electron chi connectivity index (χ4n) is 4.28. The van der Waals surface area contributed by atoms with Gasteiger partial charge in [0.1, 0.15) is 11.6 Å². The second-order valence-electron chi connectivity index (χ2n) is 7.98. The molecule has 3 aromatic rings. The van der Waals surface area contributed by atoms with E-state index in [-0.39, 0.29) is 17.6 Å². The van der Waals surface area contributed by atoms with Crippen LogP contribution >= 0.6 is 0 Å². The summed E-state index contributed by atoms with van der Waals surface area (Å²) in [5.74, 6) is -0.838. The zero-order chi connectivity index (χ0) is 21.1. The predicted molar refractivity (Wildman–Crippen MR) is 109 cm³/mol. The van der Waals surface area contributed by atoms with Gasteiger partial charge < -0.3 is 0 Å². The number of halogens is 2. The first-order valence-corrected chi connectivity index (χ1v) is 10.3. The molecule has 1 saturated carbocycles. The van der Waals surface area contributed by atoms with Crippen LogP contribution in [0.5, 0.6) is 0 Å². The summed E-state index contributed by atoms with van der Waals surface area (Å²) in [4.78, 5) is 34.6. The minimum atomic E-state index is -0.715. The van der Waals surface area contributed by atoms with Gasteiger partial charge in [-0.3, -0.25) is 19.1 Å². The highest BCUT2D eigenvalue weighted by Crippen LogP contribution is 2.31. The Morgan fingerprint density at radius 2 is 1.83 bits per heavy atom. The van der Waals surface area contributed by atoms with Crippen molar-refractivity contribution in [3.8, 4) is 0 Å². The third-order valence-corrected chi connectivity index (χ3v) is 5.88. The predicted octanol–water partition coefficient (Wildman–Crippen LogP) is 4.39. The normalized spacial score (nSPS) is 15.9. The summed E-state index contributed by atoms with van der Waals surface area (Å²) < 4.78 is 28.2. The van der Waals surface area contributed by atoms with Crippen molar-refractivity contribution in [2.75, 3.05) is 0 Å². The van der Waals surface area contributed by atoms with Gasteiger partial charge in [-0.05, 0) is 42.7 Å². The average Bonchev–Trinajstić information content (AvgIpc) is 2.75. The number of nitrogens with zero attached hydrogens (tertiary/aromatic N) is 3. The number of aromatic nitrogens is 3. The molecule has 1 aromatic carbocycles. The summed E-state index contributed by atoms with van der Waals surface area (Å²) >= 11 is 0. The van der Waals surface area contributed by atoms with E-state index in [0.717, 1.165) is 37.9 Å². The minimum absolute atomic E-state index is 0.00864. The van der Waals surface area contributed by atoms with E-state index in [1.165, 1.54) is 41.6 Å². The Morgan fingerprint density at radius 3 is 2.57 bits per heavy atom. The third-order valence-electron chi connectivity index (χ3n) is 5.88. The highest BCUT2D eigenvalue weighted by atomic mass is 19.1. The van der Waals surface area contributed by atoms with Crippen molar-refractivity contribution in [3.05, 3.63) is 70.5 Å². The van der Waals surface area contributed by atoms with E-state index < -0.39 is 23.2 Å². The van der Waals surface area contributed by atoms with Crippen molar-refractivity contribution in [2.45, 2.75) is 51.0 Å². The second kappa shape index (κ2) is 8.81. The molecule has 30 heavy (non-hydrogen) atoms. The summed E-state index contributed by atoms with van der Waals surface area (Å²) in [6.45, 7) is 0. The molecule has 0 amide bonds. The lowest BCUT2D eigenvalue weighted by molar-refractivity contribution is -0.122. The molecule has 0 radical (unpaired) electrons. The molecule has 0 saturated heterocycles. The van der Waals surface area contributed by atoms with Crippen LogP contribution in [0.2, 0.25) is 0 Å². The van der Waals surface area contributed by atoms with Crippen LogP contribution in [0, 0.1) is 17.6 Å². The molecule has 5 nitrogen and oxygen atoms in total. The van der Waals surface area contributed by atoms with Crippen LogP contribution in [0.15, 0.2) is 47.7 Å². The fourth-order valence-corrected chi connectivity index (χ4v) is 4.28. The average molecular weight is 411 g/mol. The topological polar surface area (TPSA) is 64.8 Å². The van der Waals surface area contributed by atoms with E-state index >= 15 is 0 Å². The lowest BCUT2D eigenvalue weighted by Crippen LogP contribution is -2.33. The largest absolute Gasteiger partial charge is 0.297 e. The Labute approximate surface area is 172 Å². The van der Waals surface area contributed by atoms with Crippen LogP contribution in [-0.4, -0.2) is 20.3 Å². The molecule has 4 rings (SSSR count). The molecular formula is C23H23F2N3O2. The molecule has 0 N–H and O–H groups in total. The van der Waals surface area contributed by atoms with Gasteiger partial charge in [0.15, 0.2) is 5.78 Å². The van der Waals surface area contributed by atoms with Gasteiger partial charge in [0.25, 0.3) is 5.56 Å². The number of hydrogen-bond acceptors (Lipinski definition) is 4. The van der Waals surface area contributed by atoms with Crippen molar-refractivity contribution < 1.29 is 13.6 Å². The fraction of sp³-hybridized carbons (Fsp3) is 0.391. The Hall–Kier alpha value is -2.96. The lowest BCUT2D eigenvalue weighted by atomic mass is 9.83. The number of carbonyl (C=O) groups excluding carboxylic acids is 1. The van der Waals surface area contributed by atoms with Crippen LogP contribution in [0.25, 0.3) is 10.9 Å². The van der Waals surface area contributed by atoms with Crippen LogP contribution in [0.4, 0.5) is 8.78 Å². The SMILES string of the molecule is O=C(Cc1ccc(F)cn1)C(CC1CCCCC1)n1cnc2ccc(F)cc2c1=O. The third kappa shape index (κ3) is 4.45. The lowest BCUT2D eigenvalue weighted by Gasteiger charge is -2.27. The number of fused-ring (bicyclic) bond motifs is 1. The highest BCUT2D eigenvalue weighted by molar-refractivity contribution is 5.85. The van der Waals surface area contributed by atoms with Crippen LogP contribution in [-0.2, 0) is 11.2 Å². The van der Waals surface area contributed by atoms with Crippen molar-refractivity contribution in [1.82, 2.24) is 14.5 Å². The summed E-state index contributed by atoms with van der Waals surface area (Å²) in [7, 11) is 0. The maximum atomic E-state index is 13.7. The molecule has 0 bridgehead atoms. The molecule has 1 unspecified atom stereocenters. The molecule has 156 valence electrons. The van der Waals surface area contributed by atoms with Gasteiger partial charge in [-0.2, -0.15) is 0 Å². The smallest absolute Gasteiger partial charge is 0.261 e. The van der Waals surface area contributed by atoms with Gasteiger partial charge >= 0.3 is 0 Å². The number of carbonyl (C=O) groups is 1. The van der Waals surface area contributed by atoms with E-state index in [0.29, 0.717) is 23.5 Å². The first-order chi connectivity index (χ1) is 14.5. The molecule has 2 heterocycles. The zero-order valence-corrected chi connectivity index (χ0v) is 16.6. The number of rotatable bonds is 6. The van der Waals surface area contributed by atoms with Crippen molar-refractivity contribution >= 4 is 16.7 Å². The summed E-state index contributed by atoms with van der Waals surface area (Å²) in [5, 5.41) is 0.152. The molecule has 1 aliphatic rings. The maximum absolute atomic E-state index is 13.7. The zero-order valence-electron chi connectivity index (χ0n) is 16.6. The molecule has 1 atom stereocenters. The number of Topliss-reactive ketones (excluding diaryl/α,β-unsaturated/α-hetero) is 1. The first-order valence-electron chi connectivity index (χ1n) is 10.3. The number of pyridine rings is 1. The van der Waals surface area contributed by atoms with Crippen LogP contribution in [0.1, 0.15) is 50.3 Å². The molecule has 0 spiro atoms. The Kier molecular flexibility index (Phi) is 5.97. The number of hydrogen-bond donors (Lipinski definition) is 0. The number of benzene rings is 1. The molecule has 1 fully saturated rings. The van der Waals surface area contributed by atoms with Gasteiger partial charge in [-0.15, -0.1) is 0 Å². The second-order valence-corrected chi connectivity index (χ2v) is 7.98. The first kappa shape index (κ1) is 20.3. The molecular weight excluding hydrogens is 388 g/mol. The molecule has 0 aliphatic heterocycles. The quantitative estimate of drug-likeness (QED) is 0.603. The highest BCUT2D eigenvalue weighted by Gasteiger charge is 2.27. The summed E-state index contributed by atoms with van der Waals surface area (Å²) in [6.07, 6.45) is 8.42. The van der Waals surface area contributed by atoms with Gasteiger partial charge in [0.05, 0.1) is 35.9 Å². The van der Waals surface area contributed by atoms with Crippen LogP contribution in [0.3, 0.4) is 0 Å². The van der Waals surface area contributed by atoms with E-state index in [1.807, 2.05) is 0 Å². The van der Waals surface area contributed by atoms with Crippen molar-refractivity contribution in [1.29, 1.82) is 0 Å². The number of ketones is 1. The van der Waals surface area contributed by atoms with Gasteiger partial charge in [0.2, 0.25) is 0 Å². The Bertz CT molecular complexity index is 1110. The molecule has 2 aromatic heterocycles. The van der Waals surface area contributed by atoms with E-state index in [9.17, 15) is 18.4 Å². The molecule has 7 heteroatoms. The maximum Gasteiger partial charge on any atom is 0.261 e. The van der Waals surface area contributed by atoms with E-state index in [2.05, 4.69) is 9.97 Å². The van der Waals surface area contributed by atoms with E-state index in [1.54, 1.807) is 0 Å². The van der Waals surface area contributed by atoms with Gasteiger partial charge in [-0.1, -0.05) is 32.1 Å². The van der Waals surface area contributed by atoms with Crippen LogP contribution < -0.4 is 5.56 Å². The van der Waals surface area contributed by atoms with Crippen molar-refractivity contribution in [3.63, 3.8) is 0 Å². The van der Waals surface area contributed by atoms with Gasteiger partial charge in [-0.25, -0.2) is 13.8 Å². The summed E-state index contributed by atoms with van der Waals surface area (Å²) in [5.41, 5.74) is 0.408. The van der Waals surface area contributed by atoms with Gasteiger partial charge in [0, 0.05) is 5.69 Å². The van der Waals surface area contributed by atoms with Crippen molar-refractivity contribution in [2.24, 2.45) is 5.92 Å². The summed E-state index contributed by atoms with van der Waals surface area (Å²) in [6, 6.07) is 5.89. The Morgan fingerprint density at radius 1 is 1.07 bits per heavy atom. The Balaban J connectivity index is 1.69. The van der Waals surface area contributed by atoms with E-state index in [4.69, 9.17) is 0 Å². The minimum Gasteiger partial charge on any atom is -0.297 e. The monoisotopic (exact) mass is 411 g/mol. The standard InChI is InChI=1S/C23H23F2N3O2/c24-16-7-9-20-19(11-16)23(30)28(14-27-20)21(10-15-4-2-1-3-5-15)22(29)12-18-8-6-17(25)13-26-18/h6-9,11,13-15,21H,1-5,10,12H2. The molecule has 1 aliphatic carbocycles.